The van der Waals surface area contributed by atoms with E-state index in [1.165, 1.54) is 23.5 Å². The lowest BCUT2D eigenvalue weighted by molar-refractivity contribution is 0.0784. The summed E-state index contributed by atoms with van der Waals surface area (Å²) < 4.78 is 13.6. The molecule has 1 aromatic heterocycles. The predicted octanol–water partition coefficient (Wildman–Crippen LogP) is 3.63. The van der Waals surface area contributed by atoms with Crippen molar-refractivity contribution in [3.63, 3.8) is 0 Å². The second-order valence-electron chi connectivity index (χ2n) is 4.12. The summed E-state index contributed by atoms with van der Waals surface area (Å²) in [5.74, 6) is -0.660. The summed E-state index contributed by atoms with van der Waals surface area (Å²) in [4.78, 5) is 19.0. The van der Waals surface area contributed by atoms with Gasteiger partial charge in [0.1, 0.15) is 5.82 Å². The molecule has 0 unspecified atom stereocenters. The summed E-state index contributed by atoms with van der Waals surface area (Å²) in [6, 6.07) is 4.44. The molecule has 0 aliphatic carbocycles. The number of hydrogen-bond acceptors (Lipinski definition) is 3. The van der Waals surface area contributed by atoms with Crippen LogP contribution in [0.1, 0.15) is 20.9 Å². The number of amides is 1. The van der Waals surface area contributed by atoms with Gasteiger partial charge < -0.3 is 4.90 Å². The summed E-state index contributed by atoms with van der Waals surface area (Å²) in [5.41, 5.74) is 2.99. The highest BCUT2D eigenvalue weighted by Crippen LogP contribution is 2.23. The van der Waals surface area contributed by atoms with Crippen LogP contribution >= 0.6 is 27.3 Å². The number of rotatable bonds is 3. The van der Waals surface area contributed by atoms with E-state index in [0.29, 0.717) is 12.1 Å². The fourth-order valence-electron chi connectivity index (χ4n) is 1.64. The maximum absolute atomic E-state index is 13.4. The van der Waals surface area contributed by atoms with Gasteiger partial charge in [-0.3, -0.25) is 4.79 Å². The summed E-state index contributed by atoms with van der Waals surface area (Å²) in [5, 5.41) is 0. The average molecular weight is 343 g/mol. The van der Waals surface area contributed by atoms with Crippen LogP contribution in [0.4, 0.5) is 4.39 Å². The molecule has 0 N–H and O–H groups in total. The first-order valence-corrected chi connectivity index (χ1v) is 7.26. The third-order valence-electron chi connectivity index (χ3n) is 2.75. The van der Waals surface area contributed by atoms with Gasteiger partial charge in [0, 0.05) is 11.9 Å². The average Bonchev–Trinajstić information content (AvgIpc) is 2.77. The van der Waals surface area contributed by atoms with Crippen molar-refractivity contribution in [2.24, 2.45) is 0 Å². The van der Waals surface area contributed by atoms with Crippen LogP contribution in [0.25, 0.3) is 0 Å². The second-order valence-corrected chi connectivity index (χ2v) is 5.86. The first kappa shape index (κ1) is 14.1. The van der Waals surface area contributed by atoms with Gasteiger partial charge >= 0.3 is 0 Å². The SMILES string of the molecule is Cc1ncsc1CN(C)C(=O)c1cccc(F)c1Br. The summed E-state index contributed by atoms with van der Waals surface area (Å²) in [6.45, 7) is 2.38. The number of thiazole rings is 1. The highest BCUT2D eigenvalue weighted by molar-refractivity contribution is 9.10. The molecule has 0 aliphatic heterocycles. The Bertz CT molecular complexity index is 614. The number of carbonyl (C=O) groups excluding carboxylic acids is 1. The first-order chi connectivity index (χ1) is 9.00. The minimum atomic E-state index is -0.437. The fourth-order valence-corrected chi connectivity index (χ4v) is 2.90. The normalized spacial score (nSPS) is 10.5. The number of nitrogens with zero attached hydrogens (tertiary/aromatic N) is 2. The van der Waals surface area contributed by atoms with Crippen LogP contribution in [0.5, 0.6) is 0 Å². The van der Waals surface area contributed by atoms with Crippen molar-refractivity contribution in [3.8, 4) is 0 Å². The van der Waals surface area contributed by atoms with Gasteiger partial charge in [-0.2, -0.15) is 0 Å². The summed E-state index contributed by atoms with van der Waals surface area (Å²) in [6.07, 6.45) is 0. The van der Waals surface area contributed by atoms with E-state index < -0.39 is 5.82 Å². The number of carbonyl (C=O) groups is 1. The van der Waals surface area contributed by atoms with Crippen molar-refractivity contribution in [1.29, 1.82) is 0 Å². The maximum atomic E-state index is 13.4. The van der Waals surface area contributed by atoms with Gasteiger partial charge in [0.25, 0.3) is 5.91 Å². The van der Waals surface area contributed by atoms with Gasteiger partial charge in [-0.05, 0) is 35.0 Å². The molecule has 100 valence electrons. The minimum Gasteiger partial charge on any atom is -0.336 e. The number of benzene rings is 1. The Labute approximate surface area is 123 Å². The van der Waals surface area contributed by atoms with Crippen LogP contribution in [0.3, 0.4) is 0 Å². The van der Waals surface area contributed by atoms with Crippen LogP contribution in [0.2, 0.25) is 0 Å². The number of aryl methyl sites for hydroxylation is 1. The van der Waals surface area contributed by atoms with E-state index in [9.17, 15) is 9.18 Å². The molecule has 19 heavy (non-hydrogen) atoms. The summed E-state index contributed by atoms with van der Waals surface area (Å²) >= 11 is 4.62. The lowest BCUT2D eigenvalue weighted by Gasteiger charge is -2.17. The van der Waals surface area contributed by atoms with Gasteiger partial charge in [-0.1, -0.05) is 6.07 Å². The molecule has 0 bridgehead atoms. The van der Waals surface area contributed by atoms with Crippen molar-refractivity contribution >= 4 is 33.2 Å². The molecule has 0 atom stereocenters. The van der Waals surface area contributed by atoms with Crippen LogP contribution in [0.15, 0.2) is 28.2 Å². The molecule has 0 radical (unpaired) electrons. The van der Waals surface area contributed by atoms with Crippen molar-refractivity contribution in [1.82, 2.24) is 9.88 Å². The van der Waals surface area contributed by atoms with E-state index in [4.69, 9.17) is 0 Å². The second kappa shape index (κ2) is 5.79. The zero-order valence-corrected chi connectivity index (χ0v) is 12.9. The monoisotopic (exact) mass is 342 g/mol. The molecule has 1 aromatic carbocycles. The highest BCUT2D eigenvalue weighted by atomic mass is 79.9. The summed E-state index contributed by atoms with van der Waals surface area (Å²) in [7, 11) is 1.69. The van der Waals surface area contributed by atoms with E-state index in [2.05, 4.69) is 20.9 Å². The van der Waals surface area contributed by atoms with E-state index >= 15 is 0 Å². The van der Waals surface area contributed by atoms with Gasteiger partial charge in [0.2, 0.25) is 0 Å². The molecule has 0 aliphatic rings. The molecule has 0 fully saturated rings. The molecule has 0 saturated carbocycles. The quantitative estimate of drug-likeness (QED) is 0.853. The molecule has 0 saturated heterocycles. The van der Waals surface area contributed by atoms with E-state index in [1.807, 2.05) is 6.92 Å². The largest absolute Gasteiger partial charge is 0.336 e. The molecule has 2 aromatic rings. The number of halogens is 2. The molecule has 6 heteroatoms. The van der Waals surface area contributed by atoms with Crippen LogP contribution in [0, 0.1) is 12.7 Å². The molecule has 0 spiro atoms. The van der Waals surface area contributed by atoms with E-state index in [-0.39, 0.29) is 10.4 Å². The molecular weight excluding hydrogens is 331 g/mol. The Morgan fingerprint density at radius 2 is 2.26 bits per heavy atom. The molecule has 2 rings (SSSR count). The third-order valence-corrected chi connectivity index (χ3v) is 4.48. The Morgan fingerprint density at radius 3 is 2.89 bits per heavy atom. The Kier molecular flexibility index (Phi) is 4.31. The van der Waals surface area contributed by atoms with Crippen LogP contribution in [-0.4, -0.2) is 22.8 Å². The lowest BCUT2D eigenvalue weighted by Crippen LogP contribution is -2.26. The highest BCUT2D eigenvalue weighted by Gasteiger charge is 2.18. The zero-order chi connectivity index (χ0) is 14.0. The molecule has 1 amide bonds. The maximum Gasteiger partial charge on any atom is 0.255 e. The molecule has 3 nitrogen and oxygen atoms in total. The van der Waals surface area contributed by atoms with E-state index in [0.717, 1.165) is 10.6 Å². The molecule has 1 heterocycles. The van der Waals surface area contributed by atoms with Crippen LogP contribution in [-0.2, 0) is 6.54 Å². The Hall–Kier alpha value is -1.27. The standard InChI is InChI=1S/C13H12BrFN2OS/c1-8-11(19-7-16-8)6-17(2)13(18)9-4-3-5-10(15)12(9)14/h3-5,7H,6H2,1-2H3. The minimum absolute atomic E-state index is 0.202. The van der Waals surface area contributed by atoms with Gasteiger partial charge in [-0.25, -0.2) is 9.37 Å². The van der Waals surface area contributed by atoms with Gasteiger partial charge in [0.05, 0.1) is 27.8 Å². The third kappa shape index (κ3) is 3.01. The smallest absolute Gasteiger partial charge is 0.255 e. The Morgan fingerprint density at radius 1 is 1.53 bits per heavy atom. The lowest BCUT2D eigenvalue weighted by atomic mass is 10.2. The fraction of sp³-hybridized carbons (Fsp3) is 0.231. The van der Waals surface area contributed by atoms with Crippen molar-refractivity contribution in [2.75, 3.05) is 7.05 Å². The van der Waals surface area contributed by atoms with Crippen molar-refractivity contribution in [2.45, 2.75) is 13.5 Å². The van der Waals surface area contributed by atoms with Gasteiger partial charge in [0.15, 0.2) is 0 Å². The topological polar surface area (TPSA) is 33.2 Å². The van der Waals surface area contributed by atoms with Crippen LogP contribution < -0.4 is 0 Å². The number of aromatic nitrogens is 1. The zero-order valence-electron chi connectivity index (χ0n) is 10.5. The van der Waals surface area contributed by atoms with E-state index in [1.54, 1.807) is 23.5 Å². The Balaban J connectivity index is 2.20. The number of hydrogen-bond donors (Lipinski definition) is 0. The predicted molar refractivity (Wildman–Crippen MR) is 76.7 cm³/mol. The molecular formula is C13H12BrFN2OS. The first-order valence-electron chi connectivity index (χ1n) is 5.59. The van der Waals surface area contributed by atoms with Crippen molar-refractivity contribution in [3.05, 3.63) is 50.1 Å². The van der Waals surface area contributed by atoms with Crippen molar-refractivity contribution < 1.29 is 9.18 Å². The van der Waals surface area contributed by atoms with Gasteiger partial charge in [-0.15, -0.1) is 11.3 Å².